The van der Waals surface area contributed by atoms with Crippen molar-refractivity contribution in [2.75, 3.05) is 5.32 Å². The van der Waals surface area contributed by atoms with Crippen LogP contribution in [0.2, 0.25) is 5.02 Å². The fourth-order valence-corrected chi connectivity index (χ4v) is 2.05. The Bertz CT molecular complexity index is 573. The quantitative estimate of drug-likeness (QED) is 0.899. The summed E-state index contributed by atoms with van der Waals surface area (Å²) in [5.74, 6) is -1.54. The normalized spacial score (nSPS) is 10.2. The predicted octanol–water partition coefficient (Wildman–Crippen LogP) is 3.38. The van der Waals surface area contributed by atoms with Crippen molar-refractivity contribution in [3.05, 3.63) is 40.1 Å². The molecule has 0 saturated heterocycles. The molecule has 1 heterocycles. The number of aromatic nitrogens is 1. The van der Waals surface area contributed by atoms with Gasteiger partial charge in [0.2, 0.25) is 0 Å². The number of thiazole rings is 1. The number of benzene rings is 1. The zero-order chi connectivity index (χ0) is 12.4. The van der Waals surface area contributed by atoms with E-state index in [0.29, 0.717) is 10.8 Å². The van der Waals surface area contributed by atoms with Crippen LogP contribution < -0.4 is 5.32 Å². The van der Waals surface area contributed by atoms with Gasteiger partial charge in [0.25, 0.3) is 0 Å². The molecule has 2 N–H and O–H groups in total. The fraction of sp³-hybridized carbons (Fsp3) is 0. The Hall–Kier alpha value is -1.66. The minimum atomic E-state index is -1.10. The predicted molar refractivity (Wildman–Crippen MR) is 63.8 cm³/mol. The lowest BCUT2D eigenvalue weighted by Gasteiger charge is -2.04. The van der Waals surface area contributed by atoms with Gasteiger partial charge in [-0.25, -0.2) is 14.2 Å². The molecule has 1 aromatic heterocycles. The van der Waals surface area contributed by atoms with Crippen LogP contribution >= 0.6 is 22.9 Å². The Labute approximate surface area is 105 Å². The Morgan fingerprint density at radius 1 is 1.53 bits per heavy atom. The molecule has 0 aliphatic carbocycles. The van der Waals surface area contributed by atoms with E-state index in [2.05, 4.69) is 10.3 Å². The number of carbonyl (C=O) groups is 1. The van der Waals surface area contributed by atoms with Crippen LogP contribution in [-0.2, 0) is 0 Å². The van der Waals surface area contributed by atoms with Gasteiger partial charge in [-0.3, -0.25) is 0 Å². The largest absolute Gasteiger partial charge is 0.476 e. The fourth-order valence-electron chi connectivity index (χ4n) is 1.14. The van der Waals surface area contributed by atoms with Gasteiger partial charge in [0, 0.05) is 5.38 Å². The third-order valence-electron chi connectivity index (χ3n) is 1.90. The zero-order valence-corrected chi connectivity index (χ0v) is 9.85. The molecule has 17 heavy (non-hydrogen) atoms. The summed E-state index contributed by atoms with van der Waals surface area (Å²) >= 11 is 6.94. The molecule has 0 atom stereocenters. The number of anilines is 2. The summed E-state index contributed by atoms with van der Waals surface area (Å²) in [6.07, 6.45) is 0. The maximum Gasteiger partial charge on any atom is 0.355 e. The van der Waals surface area contributed by atoms with E-state index in [9.17, 15) is 9.18 Å². The topological polar surface area (TPSA) is 62.2 Å². The second kappa shape index (κ2) is 4.68. The van der Waals surface area contributed by atoms with Gasteiger partial charge in [0.1, 0.15) is 5.82 Å². The lowest BCUT2D eigenvalue weighted by molar-refractivity contribution is 0.0691. The highest BCUT2D eigenvalue weighted by molar-refractivity contribution is 7.14. The van der Waals surface area contributed by atoms with Gasteiger partial charge < -0.3 is 10.4 Å². The highest BCUT2D eigenvalue weighted by Gasteiger charge is 2.09. The first-order chi connectivity index (χ1) is 8.06. The second-order valence-electron chi connectivity index (χ2n) is 3.09. The molecule has 1 aromatic carbocycles. The molecule has 7 heteroatoms. The summed E-state index contributed by atoms with van der Waals surface area (Å²) in [5, 5.41) is 13.5. The maximum atomic E-state index is 12.8. The molecule has 2 aromatic rings. The van der Waals surface area contributed by atoms with Crippen LogP contribution in [0.5, 0.6) is 0 Å². The van der Waals surface area contributed by atoms with Crippen molar-refractivity contribution in [1.29, 1.82) is 0 Å². The lowest BCUT2D eigenvalue weighted by atomic mass is 10.3. The van der Waals surface area contributed by atoms with Crippen LogP contribution in [-0.4, -0.2) is 16.1 Å². The Balaban J connectivity index is 2.22. The van der Waals surface area contributed by atoms with Gasteiger partial charge in [0.15, 0.2) is 10.8 Å². The number of halogens is 2. The molecule has 0 spiro atoms. The van der Waals surface area contributed by atoms with Crippen LogP contribution in [0.1, 0.15) is 10.5 Å². The van der Waals surface area contributed by atoms with Crippen molar-refractivity contribution < 1.29 is 14.3 Å². The number of nitrogens with one attached hydrogen (secondary N) is 1. The molecular weight excluding hydrogens is 267 g/mol. The first-order valence-corrected chi connectivity index (χ1v) is 5.73. The van der Waals surface area contributed by atoms with E-state index in [4.69, 9.17) is 16.7 Å². The number of aromatic carboxylic acids is 1. The van der Waals surface area contributed by atoms with E-state index in [0.717, 1.165) is 17.4 Å². The molecule has 2 rings (SSSR count). The van der Waals surface area contributed by atoms with Gasteiger partial charge in [-0.1, -0.05) is 11.6 Å². The van der Waals surface area contributed by atoms with E-state index in [1.165, 1.54) is 17.5 Å². The third-order valence-corrected chi connectivity index (χ3v) is 2.97. The monoisotopic (exact) mass is 272 g/mol. The van der Waals surface area contributed by atoms with Gasteiger partial charge >= 0.3 is 5.97 Å². The van der Waals surface area contributed by atoms with Crippen molar-refractivity contribution in [2.24, 2.45) is 0 Å². The molecule has 0 aliphatic rings. The van der Waals surface area contributed by atoms with E-state index < -0.39 is 11.8 Å². The standard InChI is InChI=1S/C10H6ClFN2O2S/c11-6-3-5(12)1-2-7(6)13-10-14-8(4-17-10)9(15)16/h1-4H,(H,13,14)(H,15,16). The van der Waals surface area contributed by atoms with Crippen molar-refractivity contribution >= 4 is 39.7 Å². The van der Waals surface area contributed by atoms with Crippen LogP contribution in [0.15, 0.2) is 23.6 Å². The first-order valence-electron chi connectivity index (χ1n) is 4.47. The molecular formula is C10H6ClFN2O2S. The molecule has 0 fully saturated rings. The highest BCUT2D eigenvalue weighted by atomic mass is 35.5. The molecule has 0 bridgehead atoms. The first kappa shape index (κ1) is 11.8. The average Bonchev–Trinajstić information content (AvgIpc) is 2.71. The summed E-state index contributed by atoms with van der Waals surface area (Å²) in [6.45, 7) is 0. The van der Waals surface area contributed by atoms with Crippen LogP contribution in [0.3, 0.4) is 0 Å². The Morgan fingerprint density at radius 2 is 2.29 bits per heavy atom. The second-order valence-corrected chi connectivity index (χ2v) is 4.36. The van der Waals surface area contributed by atoms with Gasteiger partial charge in [-0.15, -0.1) is 11.3 Å². The number of rotatable bonds is 3. The maximum absolute atomic E-state index is 12.8. The number of carboxylic acid groups (broad SMARTS) is 1. The molecule has 0 aliphatic heterocycles. The SMILES string of the molecule is O=C(O)c1csc(Nc2ccc(F)cc2Cl)n1. The van der Waals surface area contributed by atoms with E-state index in [1.54, 1.807) is 0 Å². The van der Waals surface area contributed by atoms with Crippen molar-refractivity contribution in [2.45, 2.75) is 0 Å². The summed E-state index contributed by atoms with van der Waals surface area (Å²) < 4.78 is 12.8. The van der Waals surface area contributed by atoms with Crippen molar-refractivity contribution in [1.82, 2.24) is 4.98 Å². The highest BCUT2D eigenvalue weighted by Crippen LogP contribution is 2.27. The van der Waals surface area contributed by atoms with E-state index in [-0.39, 0.29) is 10.7 Å². The summed E-state index contributed by atoms with van der Waals surface area (Å²) in [5.41, 5.74) is 0.426. The number of carboxylic acids is 1. The molecule has 0 saturated carbocycles. The molecule has 0 radical (unpaired) electrons. The zero-order valence-electron chi connectivity index (χ0n) is 8.28. The van der Waals surface area contributed by atoms with E-state index >= 15 is 0 Å². The molecule has 4 nitrogen and oxygen atoms in total. The van der Waals surface area contributed by atoms with Crippen molar-refractivity contribution in [3.63, 3.8) is 0 Å². The lowest BCUT2D eigenvalue weighted by Crippen LogP contribution is -1.97. The molecule has 0 amide bonds. The minimum Gasteiger partial charge on any atom is -0.476 e. The van der Waals surface area contributed by atoms with Gasteiger partial charge in [-0.05, 0) is 18.2 Å². The number of hydrogen-bond acceptors (Lipinski definition) is 4. The summed E-state index contributed by atoms with van der Waals surface area (Å²) in [4.78, 5) is 14.4. The van der Waals surface area contributed by atoms with Crippen molar-refractivity contribution in [3.8, 4) is 0 Å². The van der Waals surface area contributed by atoms with Gasteiger partial charge in [-0.2, -0.15) is 0 Å². The van der Waals surface area contributed by atoms with Crippen LogP contribution in [0.4, 0.5) is 15.2 Å². The average molecular weight is 273 g/mol. The van der Waals surface area contributed by atoms with Crippen LogP contribution in [0, 0.1) is 5.82 Å². The summed E-state index contributed by atoms with van der Waals surface area (Å²) in [7, 11) is 0. The van der Waals surface area contributed by atoms with Gasteiger partial charge in [0.05, 0.1) is 10.7 Å². The molecule has 88 valence electrons. The smallest absolute Gasteiger partial charge is 0.355 e. The van der Waals surface area contributed by atoms with E-state index in [1.807, 2.05) is 0 Å². The Morgan fingerprint density at radius 3 is 2.88 bits per heavy atom. The van der Waals surface area contributed by atoms with Crippen LogP contribution in [0.25, 0.3) is 0 Å². The third kappa shape index (κ3) is 2.72. The summed E-state index contributed by atoms with van der Waals surface area (Å²) in [6, 6.07) is 3.87. The minimum absolute atomic E-state index is 0.0456. The Kier molecular flexibility index (Phi) is 3.26. The number of hydrogen-bond donors (Lipinski definition) is 2. The number of nitrogens with zero attached hydrogens (tertiary/aromatic N) is 1. The molecule has 0 unspecified atom stereocenters.